The summed E-state index contributed by atoms with van der Waals surface area (Å²) in [5.41, 5.74) is -4.85. The van der Waals surface area contributed by atoms with E-state index in [2.05, 4.69) is 10.3 Å². The smallest absolute Gasteiger partial charge is 0.373 e. The van der Waals surface area contributed by atoms with Gasteiger partial charge in [-0.3, -0.25) is 4.79 Å². The highest BCUT2D eigenvalue weighted by Crippen LogP contribution is 2.37. The van der Waals surface area contributed by atoms with Gasteiger partial charge in [0.1, 0.15) is 5.03 Å². The molecule has 7 nitrogen and oxygen atoms in total. The van der Waals surface area contributed by atoms with Crippen LogP contribution in [0.3, 0.4) is 0 Å². The molecular formula is C15H20F3N3O4S2. The maximum atomic E-state index is 12.6. The van der Waals surface area contributed by atoms with Crippen molar-refractivity contribution in [1.29, 1.82) is 0 Å². The van der Waals surface area contributed by atoms with E-state index in [4.69, 9.17) is 4.74 Å². The maximum Gasteiger partial charge on any atom is 0.447 e. The molecule has 1 N–H and O–H groups in total. The first kappa shape index (κ1) is 21.9. The number of ether oxygens (including phenoxy) is 1. The largest absolute Gasteiger partial charge is 0.447 e. The summed E-state index contributed by atoms with van der Waals surface area (Å²) < 4.78 is 69.3. The quantitative estimate of drug-likeness (QED) is 0.698. The Bertz CT molecular complexity index is 764. The summed E-state index contributed by atoms with van der Waals surface area (Å²) >= 11 is -0.494. The number of nitrogens with one attached hydrogen (secondary N) is 1. The number of pyridine rings is 1. The molecule has 1 aliphatic rings. The second-order valence-electron chi connectivity index (χ2n) is 6.05. The molecule has 2 unspecified atom stereocenters. The second kappa shape index (κ2) is 8.76. The number of morpholine rings is 1. The molecule has 0 aromatic carbocycles. The Morgan fingerprint density at radius 3 is 2.59 bits per heavy atom. The highest BCUT2D eigenvalue weighted by atomic mass is 32.2. The number of hydrogen-bond donors (Lipinski definition) is 1. The van der Waals surface area contributed by atoms with Crippen LogP contribution in [0.25, 0.3) is 0 Å². The number of amides is 1. The monoisotopic (exact) mass is 427 g/mol. The lowest BCUT2D eigenvalue weighted by Crippen LogP contribution is -2.49. The number of sulfonamides is 1. The molecule has 1 aromatic heterocycles. The fourth-order valence-corrected chi connectivity index (χ4v) is 4.73. The van der Waals surface area contributed by atoms with E-state index in [-0.39, 0.29) is 43.2 Å². The van der Waals surface area contributed by atoms with Crippen LogP contribution in [0.5, 0.6) is 0 Å². The van der Waals surface area contributed by atoms with Crippen molar-refractivity contribution in [3.05, 3.63) is 23.9 Å². The van der Waals surface area contributed by atoms with Gasteiger partial charge in [0.2, 0.25) is 10.0 Å². The van der Waals surface area contributed by atoms with Crippen LogP contribution in [0.1, 0.15) is 24.2 Å². The Kier molecular flexibility index (Phi) is 7.11. The molecule has 1 fully saturated rings. The van der Waals surface area contributed by atoms with Gasteiger partial charge >= 0.3 is 5.51 Å². The molecule has 2 heterocycles. The third kappa shape index (κ3) is 6.63. The molecule has 0 radical (unpaired) electrons. The SMILES string of the molecule is CC1CN(S(=O)(=O)CCNC(=O)c2cccnc2SC(F)(F)F)CC(C)O1. The van der Waals surface area contributed by atoms with E-state index in [1.165, 1.54) is 16.4 Å². The van der Waals surface area contributed by atoms with Crippen LogP contribution in [0.15, 0.2) is 23.4 Å². The minimum Gasteiger partial charge on any atom is -0.373 e. The normalized spacial score (nSPS) is 21.8. The van der Waals surface area contributed by atoms with E-state index < -0.39 is 38.2 Å². The summed E-state index contributed by atoms with van der Waals surface area (Å²) in [6, 6.07) is 2.54. The summed E-state index contributed by atoms with van der Waals surface area (Å²) in [6.45, 7) is 3.74. The summed E-state index contributed by atoms with van der Waals surface area (Å²) in [4.78, 5) is 15.7. The summed E-state index contributed by atoms with van der Waals surface area (Å²) in [6.07, 6.45) is 0.668. The van der Waals surface area contributed by atoms with Crippen molar-refractivity contribution < 1.29 is 31.1 Å². The minimum absolute atomic E-state index is 0.218. The lowest BCUT2D eigenvalue weighted by atomic mass is 10.3. The van der Waals surface area contributed by atoms with Crippen molar-refractivity contribution >= 4 is 27.7 Å². The van der Waals surface area contributed by atoms with Crippen molar-refractivity contribution in [1.82, 2.24) is 14.6 Å². The number of alkyl halides is 3. The number of thioether (sulfide) groups is 1. The van der Waals surface area contributed by atoms with Crippen molar-refractivity contribution in [3.63, 3.8) is 0 Å². The van der Waals surface area contributed by atoms with Crippen molar-refractivity contribution in [2.75, 3.05) is 25.4 Å². The molecule has 1 aliphatic heterocycles. The van der Waals surface area contributed by atoms with Crippen LogP contribution in [-0.2, 0) is 14.8 Å². The van der Waals surface area contributed by atoms with Crippen molar-refractivity contribution in [2.45, 2.75) is 36.6 Å². The predicted molar refractivity (Wildman–Crippen MR) is 93.9 cm³/mol. The minimum atomic E-state index is -4.59. The fraction of sp³-hybridized carbons (Fsp3) is 0.600. The zero-order valence-electron chi connectivity index (χ0n) is 14.7. The van der Waals surface area contributed by atoms with Crippen molar-refractivity contribution in [2.24, 2.45) is 0 Å². The molecule has 152 valence electrons. The molecule has 1 saturated heterocycles. The summed E-state index contributed by atoms with van der Waals surface area (Å²) in [5, 5.41) is 1.86. The molecule has 2 atom stereocenters. The molecule has 2 rings (SSSR count). The van der Waals surface area contributed by atoms with E-state index in [1.807, 2.05) is 0 Å². The molecule has 1 aromatic rings. The zero-order chi connectivity index (χ0) is 20.2. The van der Waals surface area contributed by atoms with Gasteiger partial charge in [-0.25, -0.2) is 13.4 Å². The zero-order valence-corrected chi connectivity index (χ0v) is 16.3. The lowest BCUT2D eigenvalue weighted by Gasteiger charge is -2.34. The third-order valence-corrected chi connectivity index (χ3v) is 6.21. The Hall–Kier alpha value is -1.37. The van der Waals surface area contributed by atoms with E-state index in [1.54, 1.807) is 13.8 Å². The number of halogens is 3. The lowest BCUT2D eigenvalue weighted by molar-refractivity contribution is -0.0440. The van der Waals surface area contributed by atoms with Gasteiger partial charge in [-0.05, 0) is 26.0 Å². The second-order valence-corrected chi connectivity index (χ2v) is 9.19. The number of carbonyl (C=O) groups is 1. The van der Waals surface area contributed by atoms with Gasteiger partial charge < -0.3 is 10.1 Å². The summed E-state index contributed by atoms with van der Waals surface area (Å²) in [5.74, 6) is -1.17. The van der Waals surface area contributed by atoms with Crippen LogP contribution in [0.2, 0.25) is 0 Å². The van der Waals surface area contributed by atoms with Crippen LogP contribution in [0.4, 0.5) is 13.2 Å². The number of carbonyl (C=O) groups excluding carboxylic acids is 1. The first-order valence-electron chi connectivity index (χ1n) is 8.10. The Labute approximate surface area is 159 Å². The molecule has 12 heteroatoms. The van der Waals surface area contributed by atoms with Crippen LogP contribution < -0.4 is 5.32 Å². The molecule has 0 spiro atoms. The first-order chi connectivity index (χ1) is 12.5. The number of nitrogens with zero attached hydrogens (tertiary/aromatic N) is 2. The topological polar surface area (TPSA) is 88.6 Å². The van der Waals surface area contributed by atoms with Crippen LogP contribution >= 0.6 is 11.8 Å². The van der Waals surface area contributed by atoms with Gasteiger partial charge in [-0.15, -0.1) is 0 Å². The number of rotatable bonds is 6. The van der Waals surface area contributed by atoms with Gasteiger partial charge in [-0.2, -0.15) is 17.5 Å². The molecule has 0 saturated carbocycles. The van der Waals surface area contributed by atoms with Gasteiger partial charge in [-0.1, -0.05) is 0 Å². The predicted octanol–water partition coefficient (Wildman–Crippen LogP) is 1.86. The average molecular weight is 427 g/mol. The molecule has 1 amide bonds. The van der Waals surface area contributed by atoms with E-state index in [0.717, 1.165) is 6.20 Å². The standard InChI is InChI=1S/C15H20F3N3O4S2/c1-10-8-21(9-11(2)25-10)27(23,24)7-6-19-13(22)12-4-3-5-20-14(12)26-15(16,17)18/h3-5,10-11H,6-9H2,1-2H3,(H,19,22). The van der Waals surface area contributed by atoms with Gasteiger partial charge in [0.05, 0.1) is 23.5 Å². The average Bonchev–Trinajstić information content (AvgIpc) is 2.52. The van der Waals surface area contributed by atoms with Crippen LogP contribution in [-0.4, -0.2) is 66.7 Å². The number of aromatic nitrogens is 1. The molecule has 27 heavy (non-hydrogen) atoms. The molecule has 0 aliphatic carbocycles. The highest BCUT2D eigenvalue weighted by molar-refractivity contribution is 8.00. The third-order valence-electron chi connectivity index (χ3n) is 3.65. The Balaban J connectivity index is 1.96. The van der Waals surface area contributed by atoms with Gasteiger partial charge in [0.25, 0.3) is 5.91 Å². The maximum absolute atomic E-state index is 12.6. The van der Waals surface area contributed by atoms with Crippen LogP contribution in [0, 0.1) is 0 Å². The van der Waals surface area contributed by atoms with Crippen molar-refractivity contribution in [3.8, 4) is 0 Å². The first-order valence-corrected chi connectivity index (χ1v) is 10.5. The Morgan fingerprint density at radius 1 is 1.37 bits per heavy atom. The van der Waals surface area contributed by atoms with Gasteiger partial charge in [0.15, 0.2) is 0 Å². The van der Waals surface area contributed by atoms with Gasteiger partial charge in [0, 0.05) is 37.6 Å². The fourth-order valence-electron chi connectivity index (χ4n) is 2.63. The van der Waals surface area contributed by atoms with E-state index >= 15 is 0 Å². The molecule has 0 bridgehead atoms. The van der Waals surface area contributed by atoms with E-state index in [0.29, 0.717) is 0 Å². The Morgan fingerprint density at radius 2 is 2.00 bits per heavy atom. The molecular weight excluding hydrogens is 407 g/mol. The number of hydrogen-bond acceptors (Lipinski definition) is 6. The summed E-state index contributed by atoms with van der Waals surface area (Å²) in [7, 11) is -3.63. The van der Waals surface area contributed by atoms with E-state index in [9.17, 15) is 26.4 Å². The highest BCUT2D eigenvalue weighted by Gasteiger charge is 2.33.